The van der Waals surface area contributed by atoms with Crippen molar-refractivity contribution in [3.8, 4) is 11.6 Å². The average molecular weight is 461 g/mol. The number of aromatic nitrogens is 2. The minimum atomic E-state index is -0.690. The van der Waals surface area contributed by atoms with E-state index in [0.29, 0.717) is 17.6 Å². The lowest BCUT2D eigenvalue weighted by Crippen LogP contribution is -2.48. The lowest BCUT2D eigenvalue weighted by molar-refractivity contribution is 0.197. The zero-order valence-electron chi connectivity index (χ0n) is 19.4. The van der Waals surface area contributed by atoms with Crippen LogP contribution in [0.25, 0.3) is 5.52 Å². The third-order valence-electron chi connectivity index (χ3n) is 5.37. The Morgan fingerprint density at radius 1 is 1.24 bits per heavy atom. The largest absolute Gasteiger partial charge is 0.473 e. The number of hydrogen-bond donors (Lipinski definition) is 2. The highest BCUT2D eigenvalue weighted by molar-refractivity contribution is 5.76. The molecule has 9 heteroatoms. The molecule has 0 bridgehead atoms. The van der Waals surface area contributed by atoms with E-state index in [1.807, 2.05) is 26.8 Å². The molecule has 0 spiro atoms. The lowest BCUT2D eigenvalue weighted by Gasteiger charge is -2.23. The summed E-state index contributed by atoms with van der Waals surface area (Å²) in [6.45, 7) is 7.50. The SMILES string of the molecule is CCCC(C)(N)CNC(=O)Oc1c(C)nn2c(OCc3c(F)cccc3F)cc(CC)cc12. The van der Waals surface area contributed by atoms with Crippen LogP contribution in [0.1, 0.15) is 50.4 Å². The second-order valence-electron chi connectivity index (χ2n) is 8.40. The topological polar surface area (TPSA) is 90.9 Å². The number of hydrogen-bond acceptors (Lipinski definition) is 5. The summed E-state index contributed by atoms with van der Waals surface area (Å²) in [6, 6.07) is 7.23. The quantitative estimate of drug-likeness (QED) is 0.484. The standard InChI is InChI=1S/C24H30F2N4O3/c1-5-10-24(4,27)14-28-23(31)33-22-15(3)29-30-20(22)11-16(6-2)12-21(30)32-13-17-18(25)8-7-9-19(17)26/h7-9,11-12H,5-6,10,13-14,27H2,1-4H3,(H,28,31). The van der Waals surface area contributed by atoms with Crippen molar-refractivity contribution in [1.29, 1.82) is 0 Å². The fourth-order valence-electron chi connectivity index (χ4n) is 3.57. The summed E-state index contributed by atoms with van der Waals surface area (Å²) in [4.78, 5) is 12.4. The molecular weight excluding hydrogens is 430 g/mol. The number of nitrogens with one attached hydrogen (secondary N) is 1. The molecule has 3 rings (SSSR count). The Labute approximate surface area is 191 Å². The van der Waals surface area contributed by atoms with Crippen LogP contribution >= 0.6 is 0 Å². The number of benzene rings is 1. The Morgan fingerprint density at radius 2 is 1.94 bits per heavy atom. The molecule has 7 nitrogen and oxygen atoms in total. The molecular formula is C24H30F2N4O3. The average Bonchev–Trinajstić information content (AvgIpc) is 3.07. The molecule has 0 aliphatic rings. The summed E-state index contributed by atoms with van der Waals surface area (Å²) in [5.74, 6) is -0.822. The molecule has 1 amide bonds. The van der Waals surface area contributed by atoms with Crippen molar-refractivity contribution >= 4 is 11.6 Å². The molecule has 1 unspecified atom stereocenters. The van der Waals surface area contributed by atoms with Gasteiger partial charge in [0.2, 0.25) is 5.88 Å². The second-order valence-corrected chi connectivity index (χ2v) is 8.40. The third kappa shape index (κ3) is 5.78. The second kappa shape index (κ2) is 10.2. The number of carbonyl (C=O) groups excluding carboxylic acids is 1. The number of amides is 1. The van der Waals surface area contributed by atoms with Gasteiger partial charge in [-0.05, 0) is 50.5 Å². The van der Waals surface area contributed by atoms with E-state index in [4.69, 9.17) is 15.2 Å². The van der Waals surface area contributed by atoms with Gasteiger partial charge in [-0.15, -0.1) is 0 Å². The normalized spacial score (nSPS) is 13.1. The van der Waals surface area contributed by atoms with Gasteiger partial charge < -0.3 is 20.5 Å². The Hall–Kier alpha value is -3.20. The molecule has 0 aliphatic carbocycles. The fraction of sp³-hybridized carbons (Fsp3) is 0.417. The molecule has 33 heavy (non-hydrogen) atoms. The molecule has 3 N–H and O–H groups in total. The maximum Gasteiger partial charge on any atom is 0.412 e. The van der Waals surface area contributed by atoms with E-state index in [9.17, 15) is 13.6 Å². The van der Waals surface area contributed by atoms with E-state index in [-0.39, 0.29) is 30.3 Å². The minimum absolute atomic E-state index is 0.177. The Bertz CT molecular complexity index is 1120. The minimum Gasteiger partial charge on any atom is -0.473 e. The Morgan fingerprint density at radius 3 is 2.58 bits per heavy atom. The van der Waals surface area contributed by atoms with Crippen LogP contribution in [0.5, 0.6) is 11.6 Å². The maximum absolute atomic E-state index is 14.0. The summed E-state index contributed by atoms with van der Waals surface area (Å²) < 4.78 is 40.8. The molecule has 0 aliphatic heterocycles. The maximum atomic E-state index is 14.0. The predicted molar refractivity (Wildman–Crippen MR) is 122 cm³/mol. The molecule has 0 fully saturated rings. The first-order valence-corrected chi connectivity index (χ1v) is 11.0. The van der Waals surface area contributed by atoms with Crippen LogP contribution in [0.15, 0.2) is 30.3 Å². The molecule has 0 saturated heterocycles. The highest BCUT2D eigenvalue weighted by Crippen LogP contribution is 2.30. The van der Waals surface area contributed by atoms with Gasteiger partial charge in [0.1, 0.15) is 29.5 Å². The van der Waals surface area contributed by atoms with E-state index in [1.165, 1.54) is 22.7 Å². The number of nitrogens with zero attached hydrogens (tertiary/aromatic N) is 2. The first-order valence-electron chi connectivity index (χ1n) is 11.0. The molecule has 1 aromatic carbocycles. The molecule has 2 aromatic heterocycles. The molecule has 1 atom stereocenters. The monoisotopic (exact) mass is 460 g/mol. The van der Waals surface area contributed by atoms with E-state index in [2.05, 4.69) is 10.4 Å². The van der Waals surface area contributed by atoms with Crippen molar-refractivity contribution in [2.45, 2.75) is 59.1 Å². The highest BCUT2D eigenvalue weighted by Gasteiger charge is 2.22. The Kier molecular flexibility index (Phi) is 7.53. The van der Waals surface area contributed by atoms with Crippen LogP contribution in [0.2, 0.25) is 0 Å². The van der Waals surface area contributed by atoms with Crippen molar-refractivity contribution in [1.82, 2.24) is 14.9 Å². The van der Waals surface area contributed by atoms with Crippen LogP contribution in [-0.4, -0.2) is 27.8 Å². The van der Waals surface area contributed by atoms with E-state index < -0.39 is 23.3 Å². The van der Waals surface area contributed by atoms with Crippen LogP contribution in [0, 0.1) is 18.6 Å². The summed E-state index contributed by atoms with van der Waals surface area (Å²) in [6.07, 6.45) is 1.68. The zero-order valence-corrected chi connectivity index (χ0v) is 19.4. The van der Waals surface area contributed by atoms with E-state index in [0.717, 1.165) is 18.4 Å². The van der Waals surface area contributed by atoms with Crippen LogP contribution in [0.4, 0.5) is 13.6 Å². The first-order chi connectivity index (χ1) is 15.6. The van der Waals surface area contributed by atoms with Crippen molar-refractivity contribution < 1.29 is 23.0 Å². The van der Waals surface area contributed by atoms with Gasteiger partial charge in [0.15, 0.2) is 5.75 Å². The molecule has 2 heterocycles. The number of aryl methyl sites for hydroxylation is 2. The first kappa shape index (κ1) is 24.4. The predicted octanol–water partition coefficient (Wildman–Crippen LogP) is 4.67. The van der Waals surface area contributed by atoms with Crippen LogP contribution in [-0.2, 0) is 13.0 Å². The number of nitrogens with two attached hydrogens (primary N) is 1. The van der Waals surface area contributed by atoms with Crippen molar-refractivity contribution in [3.05, 3.63) is 58.8 Å². The Balaban J connectivity index is 1.86. The van der Waals surface area contributed by atoms with Gasteiger partial charge in [-0.3, -0.25) is 0 Å². The van der Waals surface area contributed by atoms with E-state index in [1.54, 1.807) is 13.0 Å². The number of ether oxygens (including phenoxy) is 2. The molecule has 3 aromatic rings. The van der Waals surface area contributed by atoms with Gasteiger partial charge in [0, 0.05) is 18.2 Å². The molecule has 178 valence electrons. The summed E-state index contributed by atoms with van der Waals surface area (Å²) >= 11 is 0. The van der Waals surface area contributed by atoms with Gasteiger partial charge in [0.25, 0.3) is 0 Å². The van der Waals surface area contributed by atoms with Gasteiger partial charge in [-0.25, -0.2) is 13.6 Å². The van der Waals surface area contributed by atoms with Gasteiger partial charge in [-0.1, -0.05) is 26.3 Å². The lowest BCUT2D eigenvalue weighted by atomic mass is 9.98. The van der Waals surface area contributed by atoms with Crippen LogP contribution < -0.4 is 20.5 Å². The fourth-order valence-corrected chi connectivity index (χ4v) is 3.57. The number of halogens is 2. The number of pyridine rings is 1. The van der Waals surface area contributed by atoms with Gasteiger partial charge in [0.05, 0.1) is 5.56 Å². The zero-order chi connectivity index (χ0) is 24.2. The highest BCUT2D eigenvalue weighted by atomic mass is 19.1. The molecule has 0 saturated carbocycles. The van der Waals surface area contributed by atoms with Gasteiger partial charge >= 0.3 is 6.09 Å². The summed E-state index contributed by atoms with van der Waals surface area (Å²) in [7, 11) is 0. The summed E-state index contributed by atoms with van der Waals surface area (Å²) in [5, 5.41) is 7.11. The smallest absolute Gasteiger partial charge is 0.412 e. The number of rotatable bonds is 9. The number of fused-ring (bicyclic) bond motifs is 1. The van der Waals surface area contributed by atoms with E-state index >= 15 is 0 Å². The van der Waals surface area contributed by atoms with Crippen molar-refractivity contribution in [3.63, 3.8) is 0 Å². The van der Waals surface area contributed by atoms with Crippen LogP contribution in [0.3, 0.4) is 0 Å². The molecule has 0 radical (unpaired) electrons. The third-order valence-corrected chi connectivity index (χ3v) is 5.37. The van der Waals surface area contributed by atoms with Crippen molar-refractivity contribution in [2.75, 3.05) is 6.54 Å². The number of carbonyl (C=O) groups is 1. The van der Waals surface area contributed by atoms with Crippen molar-refractivity contribution in [2.24, 2.45) is 5.73 Å². The summed E-state index contributed by atoms with van der Waals surface area (Å²) in [5.41, 5.74) is 7.31. The van der Waals surface area contributed by atoms with Gasteiger partial charge in [-0.2, -0.15) is 9.61 Å².